The highest BCUT2D eigenvalue weighted by Gasteiger charge is 2.39. The van der Waals surface area contributed by atoms with Crippen molar-refractivity contribution in [3.05, 3.63) is 11.3 Å². The van der Waals surface area contributed by atoms with Crippen LogP contribution in [0.4, 0.5) is 13.2 Å². The minimum absolute atomic E-state index is 0.890. The van der Waals surface area contributed by atoms with Crippen molar-refractivity contribution in [3.8, 4) is 6.07 Å². The molecule has 2 N–H and O–H groups in total. The fraction of sp³-hybridized carbons (Fsp3) is 0.429. The molecule has 0 bridgehead atoms. The van der Waals surface area contributed by atoms with Crippen molar-refractivity contribution in [2.45, 2.75) is 19.2 Å². The maximum Gasteiger partial charge on any atom is 0.450 e. The second kappa shape index (κ2) is 4.11. The lowest BCUT2D eigenvalue weighted by molar-refractivity contribution is -0.129. The molecule has 4 nitrogen and oxygen atoms in total. The summed E-state index contributed by atoms with van der Waals surface area (Å²) in [6.45, 7) is 0.892. The van der Waals surface area contributed by atoms with Crippen molar-refractivity contribution in [2.75, 3.05) is 0 Å². The van der Waals surface area contributed by atoms with Crippen LogP contribution < -0.4 is 0 Å². The average Bonchev–Trinajstić information content (AvgIpc) is 2.03. The van der Waals surface area contributed by atoms with Crippen molar-refractivity contribution in [3.63, 3.8) is 0 Å². The molecule has 0 radical (unpaired) electrons. The van der Waals surface area contributed by atoms with Crippen LogP contribution in [0.25, 0.3) is 0 Å². The second-order valence-electron chi connectivity index (χ2n) is 2.37. The molecule has 78 valence electrons. The van der Waals surface area contributed by atoms with Crippen LogP contribution in [-0.4, -0.2) is 28.3 Å². The standard InChI is InChI=1S/C7H6F3NO3/c1-3(12)5(13)4(2-11)6(14)7(8,9)10/h3,12,14H,1H3/b6-4-. The molecule has 0 aromatic rings. The van der Waals surface area contributed by atoms with E-state index in [9.17, 15) is 18.0 Å². The molecule has 0 aliphatic heterocycles. The van der Waals surface area contributed by atoms with Gasteiger partial charge in [-0.2, -0.15) is 18.4 Å². The second-order valence-corrected chi connectivity index (χ2v) is 2.37. The van der Waals surface area contributed by atoms with Gasteiger partial charge in [-0.3, -0.25) is 4.79 Å². The van der Waals surface area contributed by atoms with Gasteiger partial charge in [-0.15, -0.1) is 0 Å². The maximum absolute atomic E-state index is 11.8. The molecule has 0 saturated heterocycles. The topological polar surface area (TPSA) is 81.3 Å². The summed E-state index contributed by atoms with van der Waals surface area (Å²) in [6, 6.07) is 0.890. The summed E-state index contributed by atoms with van der Waals surface area (Å²) in [7, 11) is 0. The molecule has 1 atom stereocenters. The van der Waals surface area contributed by atoms with E-state index in [-0.39, 0.29) is 0 Å². The summed E-state index contributed by atoms with van der Waals surface area (Å²) in [5.74, 6) is -3.76. The Hall–Kier alpha value is -1.55. The quantitative estimate of drug-likeness (QED) is 0.401. The Labute approximate surface area is 76.9 Å². The van der Waals surface area contributed by atoms with Crippen molar-refractivity contribution in [2.24, 2.45) is 0 Å². The predicted octanol–water partition coefficient (Wildman–Crippen LogP) is 0.834. The van der Waals surface area contributed by atoms with E-state index in [1.54, 1.807) is 0 Å². The molecule has 14 heavy (non-hydrogen) atoms. The van der Waals surface area contributed by atoms with Crippen molar-refractivity contribution in [1.29, 1.82) is 5.26 Å². The first-order valence-electron chi connectivity index (χ1n) is 3.34. The number of aliphatic hydroxyl groups is 2. The summed E-state index contributed by atoms with van der Waals surface area (Å²) in [5.41, 5.74) is -1.49. The third-order valence-corrected chi connectivity index (χ3v) is 1.24. The molecule has 0 fully saturated rings. The van der Waals surface area contributed by atoms with Crippen LogP contribution in [0, 0.1) is 11.3 Å². The van der Waals surface area contributed by atoms with Crippen LogP contribution in [0.2, 0.25) is 0 Å². The minimum Gasteiger partial charge on any atom is -0.503 e. The number of nitriles is 1. The first kappa shape index (κ1) is 12.4. The minimum atomic E-state index is -5.17. The van der Waals surface area contributed by atoms with Crippen LogP contribution in [0.1, 0.15) is 6.92 Å². The normalized spacial score (nSPS) is 15.4. The van der Waals surface area contributed by atoms with Crippen molar-refractivity contribution in [1.82, 2.24) is 0 Å². The number of rotatable bonds is 2. The van der Waals surface area contributed by atoms with Crippen molar-refractivity contribution < 1.29 is 28.2 Å². The lowest BCUT2D eigenvalue weighted by atomic mass is 10.1. The third kappa shape index (κ3) is 2.74. The molecular weight excluding hydrogens is 203 g/mol. The zero-order valence-corrected chi connectivity index (χ0v) is 6.96. The monoisotopic (exact) mass is 209 g/mol. The van der Waals surface area contributed by atoms with Crippen LogP contribution >= 0.6 is 0 Å². The van der Waals surface area contributed by atoms with E-state index in [4.69, 9.17) is 15.5 Å². The van der Waals surface area contributed by atoms with Crippen molar-refractivity contribution >= 4 is 5.78 Å². The number of hydrogen-bond donors (Lipinski definition) is 2. The van der Waals surface area contributed by atoms with Gasteiger partial charge in [-0.05, 0) is 6.92 Å². The summed E-state index contributed by atoms with van der Waals surface area (Å²) >= 11 is 0. The number of Topliss-reactive ketones (excluding diaryl/α,β-unsaturated/α-hetero) is 1. The Morgan fingerprint density at radius 1 is 1.50 bits per heavy atom. The van der Waals surface area contributed by atoms with Crippen LogP contribution in [-0.2, 0) is 4.79 Å². The van der Waals surface area contributed by atoms with Gasteiger partial charge < -0.3 is 10.2 Å². The number of allylic oxidation sites excluding steroid dienone is 1. The SMILES string of the molecule is CC(O)C(=O)/C(C#N)=C(\O)C(F)(F)F. The van der Waals surface area contributed by atoms with E-state index in [0.717, 1.165) is 13.0 Å². The van der Waals surface area contributed by atoms with E-state index >= 15 is 0 Å². The van der Waals surface area contributed by atoms with Gasteiger partial charge in [0.2, 0.25) is 11.5 Å². The highest BCUT2D eigenvalue weighted by atomic mass is 19.4. The summed E-state index contributed by atoms with van der Waals surface area (Å²) < 4.78 is 35.5. The Balaban J connectivity index is 5.30. The predicted molar refractivity (Wildman–Crippen MR) is 38.0 cm³/mol. The Morgan fingerprint density at radius 3 is 2.14 bits per heavy atom. The van der Waals surface area contributed by atoms with E-state index < -0.39 is 29.4 Å². The molecule has 0 spiro atoms. The van der Waals surface area contributed by atoms with Crippen LogP contribution in [0.5, 0.6) is 0 Å². The van der Waals surface area contributed by atoms with Crippen LogP contribution in [0.3, 0.4) is 0 Å². The molecular formula is C7H6F3NO3. The molecule has 7 heteroatoms. The fourth-order valence-electron chi connectivity index (χ4n) is 0.575. The molecule has 0 saturated carbocycles. The Morgan fingerprint density at radius 2 is 1.93 bits per heavy atom. The molecule has 0 aromatic heterocycles. The van der Waals surface area contributed by atoms with E-state index in [2.05, 4.69) is 0 Å². The zero-order valence-electron chi connectivity index (χ0n) is 6.96. The van der Waals surface area contributed by atoms with Gasteiger partial charge in [0.05, 0.1) is 0 Å². The number of aliphatic hydroxyl groups excluding tert-OH is 2. The Bertz CT molecular complexity index is 311. The van der Waals surface area contributed by atoms with Gasteiger partial charge in [0, 0.05) is 0 Å². The largest absolute Gasteiger partial charge is 0.503 e. The number of nitrogens with zero attached hydrogens (tertiary/aromatic N) is 1. The fourth-order valence-corrected chi connectivity index (χ4v) is 0.575. The summed E-state index contributed by atoms with van der Waals surface area (Å²) in [6.07, 6.45) is -6.94. The van der Waals surface area contributed by atoms with Gasteiger partial charge in [0.15, 0.2) is 0 Å². The van der Waals surface area contributed by atoms with Gasteiger partial charge >= 0.3 is 6.18 Å². The number of carbonyl (C=O) groups is 1. The van der Waals surface area contributed by atoms with Gasteiger partial charge in [0.25, 0.3) is 0 Å². The van der Waals surface area contributed by atoms with E-state index in [1.807, 2.05) is 0 Å². The molecule has 0 amide bonds. The first-order chi connectivity index (χ1) is 6.21. The molecule has 1 unspecified atom stereocenters. The lowest BCUT2D eigenvalue weighted by Gasteiger charge is -2.07. The number of ketones is 1. The highest BCUT2D eigenvalue weighted by molar-refractivity contribution is 6.02. The number of hydrogen-bond acceptors (Lipinski definition) is 4. The smallest absolute Gasteiger partial charge is 0.450 e. The molecule has 0 aliphatic carbocycles. The number of halogens is 3. The molecule has 0 heterocycles. The number of alkyl halides is 3. The first-order valence-corrected chi connectivity index (χ1v) is 3.34. The lowest BCUT2D eigenvalue weighted by Crippen LogP contribution is -2.23. The van der Waals surface area contributed by atoms with Crippen LogP contribution in [0.15, 0.2) is 11.3 Å². The van der Waals surface area contributed by atoms with Gasteiger partial charge in [0.1, 0.15) is 17.7 Å². The highest BCUT2D eigenvalue weighted by Crippen LogP contribution is 2.26. The van der Waals surface area contributed by atoms with E-state index in [0.29, 0.717) is 0 Å². The maximum atomic E-state index is 11.8. The number of carbonyl (C=O) groups excluding carboxylic acids is 1. The summed E-state index contributed by atoms with van der Waals surface area (Å²) in [5, 5.41) is 25.3. The molecule has 0 rings (SSSR count). The van der Waals surface area contributed by atoms with Gasteiger partial charge in [-0.1, -0.05) is 0 Å². The van der Waals surface area contributed by atoms with Gasteiger partial charge in [-0.25, -0.2) is 0 Å². The van der Waals surface area contributed by atoms with E-state index in [1.165, 1.54) is 0 Å². The third-order valence-electron chi connectivity index (χ3n) is 1.24. The molecule has 0 aromatic carbocycles. The average molecular weight is 209 g/mol. The molecule has 0 aliphatic rings. The summed E-state index contributed by atoms with van der Waals surface area (Å²) in [4.78, 5) is 10.8. The Kier molecular flexibility index (Phi) is 3.65. The zero-order chi connectivity index (χ0) is 11.5.